The fourth-order valence-corrected chi connectivity index (χ4v) is 2.70. The van der Waals surface area contributed by atoms with Crippen molar-refractivity contribution in [3.05, 3.63) is 0 Å². The van der Waals surface area contributed by atoms with Crippen molar-refractivity contribution >= 4 is 117 Å². The summed E-state index contributed by atoms with van der Waals surface area (Å²) in [6.45, 7) is 11.3. The number of ether oxygens (including phenoxy) is 4. The van der Waals surface area contributed by atoms with Gasteiger partial charge < -0.3 is 118 Å². The molecule has 0 aromatic carbocycles. The Balaban J connectivity index is -0.000000122. The molecule has 0 radical (unpaired) electrons. The maximum Gasteiger partial charge on any atom is 4.00 e. The first kappa shape index (κ1) is 47.9. The van der Waals surface area contributed by atoms with Gasteiger partial charge in [-0.15, -0.1) is 0 Å². The van der Waals surface area contributed by atoms with Gasteiger partial charge in [0.1, 0.15) is 0 Å². The fourth-order valence-electron chi connectivity index (χ4n) is 2.03. The molecule has 218 valence electrons. The molecule has 0 aromatic rings. The fraction of sp³-hybridized carbons (Fsp3) is 0.833. The van der Waals surface area contributed by atoms with Crippen LogP contribution in [0.25, 0.3) is 0 Å². The molecule has 0 heterocycles. The number of hydrogen-bond donors (Lipinski definition) is 0. The van der Waals surface area contributed by atoms with Crippen LogP contribution in [0.4, 0.5) is 0 Å². The standard InChI is InChI=1S/4C6H12OS2.Mo/c4*1-2-3-4-5-7-6(8)9;/h4*2-5H2,1H3,(H,8,9);/q;;;;+4/p-4. The van der Waals surface area contributed by atoms with E-state index in [1.54, 1.807) is 0 Å². The van der Waals surface area contributed by atoms with Crippen LogP contribution in [0.1, 0.15) is 105 Å². The van der Waals surface area contributed by atoms with Crippen LogP contribution >= 0.6 is 48.9 Å². The largest absolute Gasteiger partial charge is 4.00 e. The quantitative estimate of drug-likeness (QED) is 0.0663. The van der Waals surface area contributed by atoms with Crippen molar-refractivity contribution < 1.29 is 40.0 Å². The van der Waals surface area contributed by atoms with Gasteiger partial charge in [0, 0.05) is 17.5 Å². The van der Waals surface area contributed by atoms with Gasteiger partial charge in [-0.2, -0.15) is 0 Å². The van der Waals surface area contributed by atoms with Crippen LogP contribution in [0.5, 0.6) is 0 Å². The molecule has 0 N–H and O–H groups in total. The maximum atomic E-state index is 4.89. The molecule has 37 heavy (non-hydrogen) atoms. The molecule has 0 rings (SSSR count). The van der Waals surface area contributed by atoms with Crippen LogP contribution in [-0.4, -0.2) is 44.0 Å². The second-order valence-electron chi connectivity index (χ2n) is 7.22. The van der Waals surface area contributed by atoms with Crippen LogP contribution in [0.15, 0.2) is 0 Å². The van der Waals surface area contributed by atoms with Crippen molar-refractivity contribution in [2.24, 2.45) is 0 Å². The Bertz CT molecular complexity index is 427. The molecule has 0 amide bonds. The van der Waals surface area contributed by atoms with Crippen LogP contribution < -0.4 is 0 Å². The van der Waals surface area contributed by atoms with E-state index in [1.165, 1.54) is 51.4 Å². The SMILES string of the molecule is CCCCCOC(=S)[S-].CCCCCOC(=S)[S-].CCCCCOC(=S)[S-].CCCCCOC(=S)[S-].[Mo+4]. The van der Waals surface area contributed by atoms with Gasteiger partial charge in [-0.25, -0.2) is 0 Å². The number of thiocarbonyl (C=S) groups is 4. The summed E-state index contributed by atoms with van der Waals surface area (Å²) >= 11 is 36.3. The third-order valence-electron chi connectivity index (χ3n) is 3.87. The molecule has 0 spiro atoms. The Morgan fingerprint density at radius 1 is 0.405 bits per heavy atom. The molecule has 0 bridgehead atoms. The summed E-state index contributed by atoms with van der Waals surface area (Å²) in [7, 11) is 0. The van der Waals surface area contributed by atoms with E-state index >= 15 is 0 Å². The van der Waals surface area contributed by atoms with Crippen LogP contribution in [0, 0.1) is 0 Å². The van der Waals surface area contributed by atoms with Crippen molar-refractivity contribution in [3.63, 3.8) is 0 Å². The predicted molar refractivity (Wildman–Crippen MR) is 182 cm³/mol. The van der Waals surface area contributed by atoms with Gasteiger partial charge in [-0.3, -0.25) is 0 Å². The van der Waals surface area contributed by atoms with E-state index in [4.69, 9.17) is 18.9 Å². The minimum Gasteiger partial charge on any atom is -0.514 e. The van der Waals surface area contributed by atoms with E-state index < -0.39 is 0 Å². The zero-order valence-electron chi connectivity index (χ0n) is 22.6. The second-order valence-corrected chi connectivity index (χ2v) is 11.2. The van der Waals surface area contributed by atoms with Gasteiger partial charge >= 0.3 is 21.1 Å². The average Bonchev–Trinajstić information content (AvgIpc) is 2.81. The molecule has 0 aliphatic carbocycles. The van der Waals surface area contributed by atoms with Crippen molar-refractivity contribution in [2.75, 3.05) is 26.4 Å². The Hall–Kier alpha value is 1.13. The molecular formula is C24H44MoO4S8. The molecule has 0 aliphatic rings. The Morgan fingerprint density at radius 2 is 0.568 bits per heavy atom. The van der Waals surface area contributed by atoms with Crippen molar-refractivity contribution in [3.8, 4) is 0 Å². The van der Waals surface area contributed by atoms with E-state index in [9.17, 15) is 0 Å². The zero-order valence-corrected chi connectivity index (χ0v) is 31.2. The summed E-state index contributed by atoms with van der Waals surface area (Å²) in [5.74, 6) is 0. The summed E-state index contributed by atoms with van der Waals surface area (Å²) < 4.78 is 20.5. The molecule has 4 nitrogen and oxygen atoms in total. The molecule has 0 atom stereocenters. The van der Waals surface area contributed by atoms with E-state index in [2.05, 4.69) is 127 Å². The van der Waals surface area contributed by atoms with Crippen molar-refractivity contribution in [1.82, 2.24) is 0 Å². The average molecular weight is 749 g/mol. The molecule has 0 aromatic heterocycles. The van der Waals surface area contributed by atoms with Gasteiger partial charge in [-0.1, -0.05) is 79.1 Å². The van der Waals surface area contributed by atoms with E-state index in [-0.39, 0.29) is 38.6 Å². The molecule has 0 unspecified atom stereocenters. The first-order chi connectivity index (χ1) is 17.1. The number of hydrogen-bond acceptors (Lipinski definition) is 12. The van der Waals surface area contributed by atoms with Crippen LogP contribution in [0.2, 0.25) is 0 Å². The van der Waals surface area contributed by atoms with E-state index in [1.807, 2.05) is 0 Å². The Morgan fingerprint density at radius 3 is 0.676 bits per heavy atom. The molecule has 0 fully saturated rings. The first-order valence-electron chi connectivity index (χ1n) is 12.4. The summed E-state index contributed by atoms with van der Waals surface area (Å²) in [4.78, 5) is 0. The molecule has 0 saturated heterocycles. The smallest absolute Gasteiger partial charge is 0.514 e. The first-order valence-corrected chi connectivity index (χ1v) is 15.7. The summed E-state index contributed by atoms with van der Waals surface area (Å²) in [5, 5.41) is 0. The third kappa shape index (κ3) is 72.6. The van der Waals surface area contributed by atoms with Gasteiger partial charge in [0.2, 0.25) is 0 Å². The second kappa shape index (κ2) is 44.2. The van der Waals surface area contributed by atoms with E-state index in [0.717, 1.165) is 25.7 Å². The molecule has 13 heteroatoms. The van der Waals surface area contributed by atoms with Crippen LogP contribution in [-0.2, 0) is 90.5 Å². The topological polar surface area (TPSA) is 36.9 Å². The van der Waals surface area contributed by atoms with Crippen molar-refractivity contribution in [2.45, 2.75) is 105 Å². The van der Waals surface area contributed by atoms with Crippen molar-refractivity contribution in [1.29, 1.82) is 0 Å². The summed E-state index contributed by atoms with van der Waals surface area (Å²) in [6, 6.07) is 0. The van der Waals surface area contributed by atoms with E-state index in [0.29, 0.717) is 26.4 Å². The third-order valence-corrected chi connectivity index (χ3v) is 4.81. The van der Waals surface area contributed by atoms with Gasteiger partial charge in [0.15, 0.2) is 0 Å². The minimum absolute atomic E-state index is 0. The minimum atomic E-state index is 0. The van der Waals surface area contributed by atoms with Gasteiger partial charge in [0.05, 0.1) is 26.4 Å². The molecule has 0 saturated carbocycles. The molecular weight excluding hydrogens is 705 g/mol. The Labute approximate surface area is 285 Å². The number of rotatable bonds is 16. The van der Waals surface area contributed by atoms with Crippen LogP contribution in [0.3, 0.4) is 0 Å². The van der Waals surface area contributed by atoms with Gasteiger partial charge in [0.25, 0.3) is 0 Å². The zero-order chi connectivity index (χ0) is 28.5. The monoisotopic (exact) mass is 750 g/mol. The molecule has 0 aliphatic heterocycles. The maximum absolute atomic E-state index is 4.89. The van der Waals surface area contributed by atoms with Gasteiger partial charge in [-0.05, 0) is 25.7 Å². The summed E-state index contributed by atoms with van der Waals surface area (Å²) in [6.07, 6.45) is 13.8. The number of unbranched alkanes of at least 4 members (excludes halogenated alkanes) is 8. The normalized spacial score (nSPS) is 8.76. The Kier molecular flexibility index (Phi) is 57.2. The summed E-state index contributed by atoms with van der Waals surface area (Å²) in [5.41, 5.74) is 0. The predicted octanol–water partition coefficient (Wildman–Crippen LogP) is 8.10.